The van der Waals surface area contributed by atoms with Gasteiger partial charge in [0.1, 0.15) is 0 Å². The van der Waals surface area contributed by atoms with Crippen LogP contribution in [0.1, 0.15) is 30.1 Å². The summed E-state index contributed by atoms with van der Waals surface area (Å²) in [5.74, 6) is -1.53. The highest BCUT2D eigenvalue weighted by Gasteiger charge is 2.29. The van der Waals surface area contributed by atoms with Gasteiger partial charge in [0, 0.05) is 18.3 Å². The van der Waals surface area contributed by atoms with Crippen molar-refractivity contribution in [3.05, 3.63) is 28.8 Å². The van der Waals surface area contributed by atoms with Crippen LogP contribution in [0.5, 0.6) is 0 Å². The van der Waals surface area contributed by atoms with Crippen LogP contribution >= 0.6 is 11.6 Å². The number of anilines is 1. The summed E-state index contributed by atoms with van der Waals surface area (Å²) in [5.41, 5.74) is 6.27. The van der Waals surface area contributed by atoms with E-state index in [1.165, 1.54) is 6.07 Å². The van der Waals surface area contributed by atoms with Gasteiger partial charge in [0.05, 0.1) is 16.5 Å². The van der Waals surface area contributed by atoms with Gasteiger partial charge in [0.2, 0.25) is 5.91 Å². The van der Waals surface area contributed by atoms with Gasteiger partial charge in [-0.1, -0.05) is 11.6 Å². The summed E-state index contributed by atoms with van der Waals surface area (Å²) < 4.78 is 0. The number of rotatable bonds is 3. The molecule has 0 spiro atoms. The van der Waals surface area contributed by atoms with Crippen molar-refractivity contribution in [1.29, 1.82) is 0 Å². The standard InChI is InChI=1S/C14H17ClN2O3/c1-8-2-3-9(13(16)18)7-17(8)10-4-5-11(14(19)20)12(15)6-10/h4-6,8-9H,2-3,7H2,1H3,(H2,16,18)(H,19,20). The van der Waals surface area contributed by atoms with Crippen LogP contribution in [0.2, 0.25) is 5.02 Å². The molecule has 108 valence electrons. The number of amides is 1. The zero-order valence-corrected chi connectivity index (χ0v) is 11.9. The van der Waals surface area contributed by atoms with E-state index in [9.17, 15) is 9.59 Å². The molecule has 1 fully saturated rings. The van der Waals surface area contributed by atoms with Crippen LogP contribution in [0.3, 0.4) is 0 Å². The maximum Gasteiger partial charge on any atom is 0.337 e. The molecule has 0 radical (unpaired) electrons. The number of nitrogens with zero attached hydrogens (tertiary/aromatic N) is 1. The summed E-state index contributed by atoms with van der Waals surface area (Å²) in [4.78, 5) is 24.3. The lowest BCUT2D eigenvalue weighted by atomic mass is 9.92. The van der Waals surface area contributed by atoms with Crippen molar-refractivity contribution in [3.8, 4) is 0 Å². The topological polar surface area (TPSA) is 83.6 Å². The number of carbonyl (C=O) groups excluding carboxylic acids is 1. The average molecular weight is 297 g/mol. The number of benzene rings is 1. The number of halogens is 1. The molecule has 1 aliphatic rings. The molecular formula is C14H17ClN2O3. The van der Waals surface area contributed by atoms with Crippen molar-refractivity contribution in [2.24, 2.45) is 11.7 Å². The molecule has 3 N–H and O–H groups in total. The largest absolute Gasteiger partial charge is 0.478 e. The van der Waals surface area contributed by atoms with Gasteiger partial charge in [-0.15, -0.1) is 0 Å². The third-order valence-corrected chi connectivity index (χ3v) is 4.11. The van der Waals surface area contributed by atoms with Crippen molar-refractivity contribution >= 4 is 29.2 Å². The van der Waals surface area contributed by atoms with Gasteiger partial charge >= 0.3 is 5.97 Å². The lowest BCUT2D eigenvalue weighted by molar-refractivity contribution is -0.122. The van der Waals surface area contributed by atoms with Crippen LogP contribution in [0.25, 0.3) is 0 Å². The Morgan fingerprint density at radius 3 is 2.65 bits per heavy atom. The molecule has 0 saturated carbocycles. The molecule has 1 amide bonds. The Labute approximate surface area is 122 Å². The lowest BCUT2D eigenvalue weighted by Crippen LogP contribution is -2.45. The second kappa shape index (κ2) is 5.71. The molecule has 1 aliphatic heterocycles. The predicted molar refractivity (Wildman–Crippen MR) is 77.1 cm³/mol. The number of aromatic carboxylic acids is 1. The zero-order chi connectivity index (χ0) is 14.9. The molecule has 1 saturated heterocycles. The number of carboxylic acid groups (broad SMARTS) is 1. The molecule has 0 bridgehead atoms. The van der Waals surface area contributed by atoms with E-state index in [0.717, 1.165) is 18.5 Å². The van der Waals surface area contributed by atoms with Crippen LogP contribution in [-0.4, -0.2) is 29.6 Å². The van der Waals surface area contributed by atoms with Crippen molar-refractivity contribution in [2.75, 3.05) is 11.4 Å². The Morgan fingerprint density at radius 2 is 2.10 bits per heavy atom. The molecular weight excluding hydrogens is 280 g/mol. The normalized spacial score (nSPS) is 22.6. The van der Waals surface area contributed by atoms with Crippen molar-refractivity contribution in [2.45, 2.75) is 25.8 Å². The summed E-state index contributed by atoms with van der Waals surface area (Å²) >= 11 is 5.99. The number of carboxylic acids is 1. The fraction of sp³-hybridized carbons (Fsp3) is 0.429. The van der Waals surface area contributed by atoms with Gasteiger partial charge in [0.15, 0.2) is 0 Å². The van der Waals surface area contributed by atoms with Crippen LogP contribution in [0.15, 0.2) is 18.2 Å². The van der Waals surface area contributed by atoms with Crippen LogP contribution < -0.4 is 10.6 Å². The summed E-state index contributed by atoms with van der Waals surface area (Å²) in [5, 5.41) is 9.17. The minimum Gasteiger partial charge on any atom is -0.478 e. The molecule has 20 heavy (non-hydrogen) atoms. The molecule has 6 heteroatoms. The Kier molecular flexibility index (Phi) is 4.18. The maximum absolute atomic E-state index is 11.3. The molecule has 1 heterocycles. The third-order valence-electron chi connectivity index (χ3n) is 3.80. The summed E-state index contributed by atoms with van der Waals surface area (Å²) in [6, 6.07) is 5.10. The van der Waals surface area contributed by atoms with Crippen molar-refractivity contribution < 1.29 is 14.7 Å². The highest BCUT2D eigenvalue weighted by molar-refractivity contribution is 6.33. The number of piperidine rings is 1. The summed E-state index contributed by atoms with van der Waals surface area (Å²) in [7, 11) is 0. The monoisotopic (exact) mass is 296 g/mol. The molecule has 0 aliphatic carbocycles. The van der Waals surface area contributed by atoms with Crippen molar-refractivity contribution in [3.63, 3.8) is 0 Å². The minimum atomic E-state index is -1.05. The minimum absolute atomic E-state index is 0.0755. The Morgan fingerprint density at radius 1 is 1.40 bits per heavy atom. The Balaban J connectivity index is 2.27. The second-order valence-electron chi connectivity index (χ2n) is 5.15. The average Bonchev–Trinajstić information content (AvgIpc) is 2.38. The predicted octanol–water partition coefficient (Wildman–Crippen LogP) is 2.13. The number of hydrogen-bond donors (Lipinski definition) is 2. The Bertz CT molecular complexity index is 547. The second-order valence-corrected chi connectivity index (χ2v) is 5.55. The van der Waals surface area contributed by atoms with E-state index >= 15 is 0 Å². The fourth-order valence-corrected chi connectivity index (χ4v) is 2.81. The van der Waals surface area contributed by atoms with Gasteiger partial charge in [-0.05, 0) is 38.0 Å². The molecule has 2 atom stereocenters. The first-order valence-electron chi connectivity index (χ1n) is 6.49. The number of nitrogens with two attached hydrogens (primary N) is 1. The smallest absolute Gasteiger partial charge is 0.337 e. The first kappa shape index (κ1) is 14.7. The maximum atomic E-state index is 11.3. The van der Waals surface area contributed by atoms with E-state index in [4.69, 9.17) is 22.4 Å². The first-order valence-corrected chi connectivity index (χ1v) is 6.86. The van der Waals surface area contributed by atoms with Gasteiger partial charge in [-0.25, -0.2) is 4.79 Å². The van der Waals surface area contributed by atoms with E-state index in [0.29, 0.717) is 6.54 Å². The molecule has 0 aromatic heterocycles. The van der Waals surface area contributed by atoms with Gasteiger partial charge in [-0.2, -0.15) is 0 Å². The van der Waals surface area contributed by atoms with Gasteiger partial charge in [-0.3, -0.25) is 4.79 Å². The molecule has 2 unspecified atom stereocenters. The van der Waals surface area contributed by atoms with E-state index in [1.807, 2.05) is 0 Å². The van der Waals surface area contributed by atoms with Gasteiger partial charge < -0.3 is 15.7 Å². The number of hydrogen-bond acceptors (Lipinski definition) is 3. The van der Waals surface area contributed by atoms with Gasteiger partial charge in [0.25, 0.3) is 0 Å². The van der Waals surface area contributed by atoms with Crippen LogP contribution in [0.4, 0.5) is 5.69 Å². The third kappa shape index (κ3) is 2.88. The summed E-state index contributed by atoms with van der Waals surface area (Å²) in [6.07, 6.45) is 1.65. The number of carbonyl (C=O) groups is 2. The zero-order valence-electron chi connectivity index (χ0n) is 11.2. The SMILES string of the molecule is CC1CCC(C(N)=O)CN1c1ccc(C(=O)O)c(Cl)c1. The quantitative estimate of drug-likeness (QED) is 0.895. The first-order chi connectivity index (χ1) is 9.40. The summed E-state index contributed by atoms with van der Waals surface area (Å²) in [6.45, 7) is 2.61. The van der Waals surface area contributed by atoms with Crippen LogP contribution in [0, 0.1) is 5.92 Å². The van der Waals surface area contributed by atoms with E-state index in [2.05, 4.69) is 11.8 Å². The molecule has 5 nitrogen and oxygen atoms in total. The van der Waals surface area contributed by atoms with E-state index in [-0.39, 0.29) is 28.5 Å². The molecule has 1 aromatic carbocycles. The van der Waals surface area contributed by atoms with Crippen molar-refractivity contribution in [1.82, 2.24) is 0 Å². The molecule has 1 aromatic rings. The van der Waals surface area contributed by atoms with E-state index < -0.39 is 5.97 Å². The highest BCUT2D eigenvalue weighted by Crippen LogP contribution is 2.30. The number of primary amides is 1. The fourth-order valence-electron chi connectivity index (χ4n) is 2.56. The highest BCUT2D eigenvalue weighted by atomic mass is 35.5. The van der Waals surface area contributed by atoms with Crippen LogP contribution in [-0.2, 0) is 4.79 Å². The lowest BCUT2D eigenvalue weighted by Gasteiger charge is -2.38. The Hall–Kier alpha value is -1.75. The molecule has 2 rings (SSSR count). The van der Waals surface area contributed by atoms with E-state index in [1.54, 1.807) is 12.1 Å².